The lowest BCUT2D eigenvalue weighted by molar-refractivity contribution is 0.226. The van der Waals surface area contributed by atoms with E-state index in [9.17, 15) is 8.42 Å². The summed E-state index contributed by atoms with van der Waals surface area (Å²) in [7, 11) is -3.07. The number of hydrogen-bond acceptors (Lipinski definition) is 4. The molecule has 0 saturated carbocycles. The number of sulfone groups is 1. The Bertz CT molecular complexity index is 784. The van der Waals surface area contributed by atoms with Gasteiger partial charge < -0.3 is 5.73 Å². The van der Waals surface area contributed by atoms with Crippen molar-refractivity contribution in [3.63, 3.8) is 0 Å². The number of anilines is 1. The summed E-state index contributed by atoms with van der Waals surface area (Å²) < 4.78 is 23.5. The molecule has 1 aliphatic heterocycles. The second kappa shape index (κ2) is 6.56. The summed E-state index contributed by atoms with van der Waals surface area (Å²) in [6, 6.07) is 17.7. The molecule has 120 valence electrons. The van der Waals surface area contributed by atoms with Crippen LogP contribution in [0, 0.1) is 0 Å². The molecule has 2 aromatic rings. The standard InChI is InChI=1S/C18H20N2O2S/c19-17-8-6-16(7-9-17)13-20(12-15-4-2-1-3-5-15)18-10-11-23(21,22)14-18/h1-11,18H,12-14,19H2/t18-/m1/s1. The average Bonchev–Trinajstić information content (AvgIpc) is 2.90. The number of benzene rings is 2. The van der Waals surface area contributed by atoms with Crippen LogP contribution in [0.1, 0.15) is 11.1 Å². The van der Waals surface area contributed by atoms with Crippen LogP contribution in [0.2, 0.25) is 0 Å². The third kappa shape index (κ3) is 4.21. The lowest BCUT2D eigenvalue weighted by atomic mass is 10.1. The predicted octanol–water partition coefficient (Wildman–Crippen LogP) is 2.58. The Morgan fingerprint density at radius 3 is 2.13 bits per heavy atom. The van der Waals surface area contributed by atoms with Gasteiger partial charge in [0.1, 0.15) is 0 Å². The number of rotatable bonds is 5. The van der Waals surface area contributed by atoms with Crippen LogP contribution in [0.15, 0.2) is 66.1 Å². The third-order valence-corrected chi connectivity index (χ3v) is 5.35. The zero-order valence-electron chi connectivity index (χ0n) is 12.8. The van der Waals surface area contributed by atoms with E-state index in [1.165, 1.54) is 11.0 Å². The van der Waals surface area contributed by atoms with Crippen LogP contribution < -0.4 is 5.73 Å². The first-order chi connectivity index (χ1) is 11.0. The Labute approximate surface area is 137 Å². The highest BCUT2D eigenvalue weighted by atomic mass is 32.2. The maximum atomic E-state index is 11.8. The van der Waals surface area contributed by atoms with Crippen LogP contribution in [-0.4, -0.2) is 25.1 Å². The van der Waals surface area contributed by atoms with Crippen molar-refractivity contribution in [1.82, 2.24) is 4.90 Å². The van der Waals surface area contributed by atoms with Gasteiger partial charge in [0.2, 0.25) is 0 Å². The van der Waals surface area contributed by atoms with Crippen molar-refractivity contribution < 1.29 is 8.42 Å². The van der Waals surface area contributed by atoms with Gasteiger partial charge in [0.25, 0.3) is 0 Å². The molecule has 2 N–H and O–H groups in total. The Morgan fingerprint density at radius 2 is 1.57 bits per heavy atom. The van der Waals surface area contributed by atoms with E-state index in [0.717, 1.165) is 11.3 Å². The van der Waals surface area contributed by atoms with Crippen molar-refractivity contribution in [2.45, 2.75) is 19.1 Å². The molecule has 0 aliphatic carbocycles. The first-order valence-corrected chi connectivity index (χ1v) is 9.27. The van der Waals surface area contributed by atoms with Gasteiger partial charge in [-0.3, -0.25) is 4.90 Å². The lowest BCUT2D eigenvalue weighted by Gasteiger charge is -2.27. The maximum Gasteiger partial charge on any atom is 0.173 e. The second-order valence-electron chi connectivity index (χ2n) is 5.86. The summed E-state index contributed by atoms with van der Waals surface area (Å²) in [4.78, 5) is 2.18. The quantitative estimate of drug-likeness (QED) is 0.857. The molecule has 0 saturated heterocycles. The van der Waals surface area contributed by atoms with Gasteiger partial charge in [0.15, 0.2) is 9.84 Å². The molecule has 0 fully saturated rings. The Morgan fingerprint density at radius 1 is 0.957 bits per heavy atom. The van der Waals surface area contributed by atoms with Crippen molar-refractivity contribution in [3.05, 3.63) is 77.2 Å². The van der Waals surface area contributed by atoms with Crippen LogP contribution >= 0.6 is 0 Å². The number of hydrogen-bond donors (Lipinski definition) is 1. The Hall–Kier alpha value is -2.11. The molecule has 3 rings (SSSR count). The van der Waals surface area contributed by atoms with E-state index in [2.05, 4.69) is 17.0 Å². The maximum absolute atomic E-state index is 11.8. The van der Waals surface area contributed by atoms with Gasteiger partial charge in [-0.05, 0) is 23.3 Å². The van der Waals surface area contributed by atoms with Crippen molar-refractivity contribution in [3.8, 4) is 0 Å². The monoisotopic (exact) mass is 328 g/mol. The van der Waals surface area contributed by atoms with E-state index in [4.69, 9.17) is 5.73 Å². The summed E-state index contributed by atoms with van der Waals surface area (Å²) in [5.41, 5.74) is 8.75. The van der Waals surface area contributed by atoms with E-state index in [1.54, 1.807) is 6.08 Å². The van der Waals surface area contributed by atoms with Gasteiger partial charge in [0, 0.05) is 30.2 Å². The van der Waals surface area contributed by atoms with Crippen LogP contribution in [0.4, 0.5) is 5.69 Å². The molecular weight excluding hydrogens is 308 g/mol. The lowest BCUT2D eigenvalue weighted by Crippen LogP contribution is -2.35. The Kier molecular flexibility index (Phi) is 4.50. The molecule has 0 spiro atoms. The molecular formula is C18H20N2O2S. The second-order valence-corrected chi connectivity index (χ2v) is 7.79. The molecule has 0 radical (unpaired) electrons. The zero-order chi connectivity index (χ0) is 16.3. The summed E-state index contributed by atoms with van der Waals surface area (Å²) in [6.45, 7) is 1.38. The van der Waals surface area contributed by atoms with Gasteiger partial charge in [-0.25, -0.2) is 8.42 Å². The molecule has 1 heterocycles. The first kappa shape index (κ1) is 15.8. The van der Waals surface area contributed by atoms with Gasteiger partial charge in [-0.15, -0.1) is 0 Å². The fourth-order valence-electron chi connectivity index (χ4n) is 2.75. The number of nitrogen functional groups attached to an aromatic ring is 1. The van der Waals surface area contributed by atoms with Crippen LogP contribution in [0.5, 0.6) is 0 Å². The topological polar surface area (TPSA) is 63.4 Å². The zero-order valence-corrected chi connectivity index (χ0v) is 13.6. The molecule has 1 aliphatic rings. The van der Waals surface area contributed by atoms with E-state index in [0.29, 0.717) is 13.1 Å². The van der Waals surface area contributed by atoms with Gasteiger partial charge in [0.05, 0.1) is 5.75 Å². The largest absolute Gasteiger partial charge is 0.399 e. The highest BCUT2D eigenvalue weighted by Gasteiger charge is 2.27. The minimum atomic E-state index is -3.07. The predicted molar refractivity (Wildman–Crippen MR) is 93.3 cm³/mol. The SMILES string of the molecule is Nc1ccc(CN(Cc2ccccc2)[C@@H]2C=CS(=O)(=O)C2)cc1. The van der Waals surface area contributed by atoms with Crippen molar-refractivity contribution in [2.75, 3.05) is 11.5 Å². The molecule has 0 bridgehead atoms. The van der Waals surface area contributed by atoms with Gasteiger partial charge in [-0.2, -0.15) is 0 Å². The molecule has 23 heavy (non-hydrogen) atoms. The highest BCUT2D eigenvalue weighted by molar-refractivity contribution is 7.94. The fraction of sp³-hybridized carbons (Fsp3) is 0.222. The number of nitrogens with two attached hydrogens (primary N) is 1. The highest BCUT2D eigenvalue weighted by Crippen LogP contribution is 2.20. The summed E-state index contributed by atoms with van der Waals surface area (Å²) >= 11 is 0. The molecule has 1 atom stereocenters. The van der Waals surface area contributed by atoms with E-state index in [-0.39, 0.29) is 11.8 Å². The van der Waals surface area contributed by atoms with Crippen LogP contribution in [0.25, 0.3) is 0 Å². The third-order valence-electron chi connectivity index (χ3n) is 3.97. The molecule has 0 amide bonds. The Balaban J connectivity index is 1.81. The fourth-order valence-corrected chi connectivity index (χ4v) is 4.08. The van der Waals surface area contributed by atoms with Crippen molar-refractivity contribution in [2.24, 2.45) is 0 Å². The molecule has 2 aromatic carbocycles. The molecule has 0 unspecified atom stereocenters. The molecule has 0 aromatic heterocycles. The number of nitrogens with zero attached hydrogens (tertiary/aromatic N) is 1. The minimum absolute atomic E-state index is 0.0993. The van der Waals surface area contributed by atoms with Crippen molar-refractivity contribution >= 4 is 15.5 Å². The van der Waals surface area contributed by atoms with Crippen LogP contribution in [0.3, 0.4) is 0 Å². The summed E-state index contributed by atoms with van der Waals surface area (Å²) in [6.07, 6.45) is 1.79. The van der Waals surface area contributed by atoms with Gasteiger partial charge in [-0.1, -0.05) is 48.5 Å². The summed E-state index contributed by atoms with van der Waals surface area (Å²) in [5, 5.41) is 1.33. The molecule has 5 heteroatoms. The first-order valence-electron chi connectivity index (χ1n) is 7.55. The summed E-state index contributed by atoms with van der Waals surface area (Å²) in [5.74, 6) is 0.148. The van der Waals surface area contributed by atoms with Crippen LogP contribution in [-0.2, 0) is 22.9 Å². The van der Waals surface area contributed by atoms with Crippen molar-refractivity contribution in [1.29, 1.82) is 0 Å². The average molecular weight is 328 g/mol. The van der Waals surface area contributed by atoms with E-state index < -0.39 is 9.84 Å². The minimum Gasteiger partial charge on any atom is -0.399 e. The smallest absolute Gasteiger partial charge is 0.173 e. The van der Waals surface area contributed by atoms with Gasteiger partial charge >= 0.3 is 0 Å². The van der Waals surface area contributed by atoms with E-state index in [1.807, 2.05) is 42.5 Å². The van der Waals surface area contributed by atoms with E-state index >= 15 is 0 Å². The normalized spacial score (nSPS) is 19.3. The molecule has 4 nitrogen and oxygen atoms in total.